The van der Waals surface area contributed by atoms with Gasteiger partial charge in [0.25, 0.3) is 0 Å². The van der Waals surface area contributed by atoms with Crippen LogP contribution in [0.3, 0.4) is 0 Å². The number of hydrogen-bond donors (Lipinski definition) is 0. The molecule has 1 aromatic carbocycles. The Morgan fingerprint density at radius 2 is 2.00 bits per heavy atom. The normalized spacial score (nSPS) is 11.1. The van der Waals surface area contributed by atoms with Gasteiger partial charge in [0.1, 0.15) is 5.57 Å². The molecule has 0 atom stereocenters. The maximum Gasteiger partial charge on any atom is 0.341 e. The minimum Gasteiger partial charge on any atom is -0.503 e. The molecule has 86 valence electrons. The summed E-state index contributed by atoms with van der Waals surface area (Å²) in [5.41, 5.74) is 1.25. The first-order valence-electron chi connectivity index (χ1n) is 4.69. The topological polar surface area (TPSA) is 35.5 Å². The van der Waals surface area contributed by atoms with E-state index in [-0.39, 0.29) is 0 Å². The summed E-state index contributed by atoms with van der Waals surface area (Å²) in [4.78, 5) is 12.6. The molecule has 3 nitrogen and oxygen atoms in total. The van der Waals surface area contributed by atoms with Crippen molar-refractivity contribution in [3.63, 3.8) is 0 Å². The number of carbonyl (C=O) groups is 1. The number of benzene rings is 1. The lowest BCUT2D eigenvalue weighted by atomic mass is 10.1. The molecule has 0 aliphatic carbocycles. The van der Waals surface area contributed by atoms with Crippen molar-refractivity contribution in [3.05, 3.63) is 36.1 Å². The Hall–Kier alpha value is -1.42. The molecule has 0 N–H and O–H groups in total. The van der Waals surface area contributed by atoms with Gasteiger partial charge in [-0.1, -0.05) is 18.2 Å². The van der Waals surface area contributed by atoms with Crippen LogP contribution in [0, 0.1) is 0 Å². The van der Waals surface area contributed by atoms with Crippen LogP contribution in [0.5, 0.6) is 0 Å². The van der Waals surface area contributed by atoms with Crippen LogP contribution in [-0.4, -0.2) is 26.4 Å². The third-order valence-corrected chi connectivity index (χ3v) is 2.83. The Kier molecular flexibility index (Phi) is 4.92. The molecule has 0 saturated heterocycles. The number of ether oxygens (including phenoxy) is 2. The van der Waals surface area contributed by atoms with Crippen molar-refractivity contribution >= 4 is 23.3 Å². The fraction of sp³-hybridized carbons (Fsp3) is 0.250. The molecule has 16 heavy (non-hydrogen) atoms. The SMILES string of the molecule is CO/C=C(/C(=O)OC)c1ccccc1SC. The van der Waals surface area contributed by atoms with Crippen molar-refractivity contribution in [2.24, 2.45) is 0 Å². The predicted molar refractivity (Wildman–Crippen MR) is 65.2 cm³/mol. The first-order valence-corrected chi connectivity index (χ1v) is 5.91. The Labute approximate surface area is 99.4 Å². The predicted octanol–water partition coefficient (Wildman–Crippen LogP) is 2.57. The van der Waals surface area contributed by atoms with E-state index in [4.69, 9.17) is 9.47 Å². The van der Waals surface area contributed by atoms with E-state index in [1.807, 2.05) is 30.5 Å². The lowest BCUT2D eigenvalue weighted by Crippen LogP contribution is -2.05. The number of methoxy groups -OCH3 is 2. The van der Waals surface area contributed by atoms with Gasteiger partial charge in [-0.3, -0.25) is 0 Å². The van der Waals surface area contributed by atoms with Crippen molar-refractivity contribution in [2.75, 3.05) is 20.5 Å². The second-order valence-electron chi connectivity index (χ2n) is 2.96. The van der Waals surface area contributed by atoms with Crippen LogP contribution in [0.1, 0.15) is 5.56 Å². The maximum absolute atomic E-state index is 11.6. The molecule has 0 heterocycles. The molecule has 0 spiro atoms. The van der Waals surface area contributed by atoms with Crippen molar-refractivity contribution < 1.29 is 14.3 Å². The molecule has 0 saturated carbocycles. The van der Waals surface area contributed by atoms with Crippen LogP contribution in [0.15, 0.2) is 35.4 Å². The Balaban J connectivity index is 3.21. The maximum atomic E-state index is 11.6. The Morgan fingerprint density at radius 3 is 2.56 bits per heavy atom. The fourth-order valence-electron chi connectivity index (χ4n) is 1.32. The van der Waals surface area contributed by atoms with Crippen LogP contribution in [0.4, 0.5) is 0 Å². The molecule has 0 aliphatic heterocycles. The van der Waals surface area contributed by atoms with Crippen LogP contribution < -0.4 is 0 Å². The van der Waals surface area contributed by atoms with Crippen LogP contribution >= 0.6 is 11.8 Å². The highest BCUT2D eigenvalue weighted by Crippen LogP contribution is 2.27. The molecule has 0 aromatic heterocycles. The Bertz CT molecular complexity index is 399. The van der Waals surface area contributed by atoms with E-state index in [1.54, 1.807) is 11.8 Å². The summed E-state index contributed by atoms with van der Waals surface area (Å²) < 4.78 is 9.63. The van der Waals surface area contributed by atoms with Gasteiger partial charge in [-0.2, -0.15) is 0 Å². The molecule has 0 bridgehead atoms. The minimum atomic E-state index is -0.400. The third kappa shape index (κ3) is 2.79. The average molecular weight is 238 g/mol. The van der Waals surface area contributed by atoms with E-state index in [0.717, 1.165) is 10.5 Å². The molecule has 0 unspecified atom stereocenters. The molecule has 0 aliphatic rings. The second kappa shape index (κ2) is 6.23. The van der Waals surface area contributed by atoms with Gasteiger partial charge in [0.05, 0.1) is 20.5 Å². The number of rotatable bonds is 4. The minimum absolute atomic E-state index is 0.400. The number of hydrogen-bond acceptors (Lipinski definition) is 4. The van der Waals surface area contributed by atoms with Crippen LogP contribution in [0.2, 0.25) is 0 Å². The van der Waals surface area contributed by atoms with Gasteiger partial charge in [-0.25, -0.2) is 4.79 Å². The quantitative estimate of drug-likeness (QED) is 0.349. The molecule has 0 radical (unpaired) electrons. The van der Waals surface area contributed by atoms with Gasteiger partial charge in [0.15, 0.2) is 0 Å². The van der Waals surface area contributed by atoms with Crippen LogP contribution in [-0.2, 0) is 14.3 Å². The zero-order valence-electron chi connectivity index (χ0n) is 9.52. The third-order valence-electron chi connectivity index (χ3n) is 2.04. The summed E-state index contributed by atoms with van der Waals surface area (Å²) in [6.07, 6.45) is 3.36. The second-order valence-corrected chi connectivity index (χ2v) is 3.81. The van der Waals surface area contributed by atoms with Crippen molar-refractivity contribution in [1.29, 1.82) is 0 Å². The molecule has 4 heteroatoms. The fourth-order valence-corrected chi connectivity index (χ4v) is 1.93. The molecular formula is C12H14O3S. The summed E-state index contributed by atoms with van der Waals surface area (Å²) in [6.45, 7) is 0. The highest BCUT2D eigenvalue weighted by Gasteiger charge is 2.15. The van der Waals surface area contributed by atoms with Crippen LogP contribution in [0.25, 0.3) is 5.57 Å². The highest BCUT2D eigenvalue weighted by molar-refractivity contribution is 7.98. The molecular weight excluding hydrogens is 224 g/mol. The zero-order valence-corrected chi connectivity index (χ0v) is 10.3. The van der Waals surface area contributed by atoms with Crippen molar-refractivity contribution in [3.8, 4) is 0 Å². The highest BCUT2D eigenvalue weighted by atomic mass is 32.2. The summed E-state index contributed by atoms with van der Waals surface area (Å²) >= 11 is 1.57. The van der Waals surface area contributed by atoms with Crippen molar-refractivity contribution in [2.45, 2.75) is 4.90 Å². The van der Waals surface area contributed by atoms with Crippen molar-refractivity contribution in [1.82, 2.24) is 0 Å². The van der Waals surface area contributed by atoms with E-state index < -0.39 is 5.97 Å². The van der Waals surface area contributed by atoms with E-state index in [1.165, 1.54) is 20.5 Å². The molecule has 1 rings (SSSR count). The monoisotopic (exact) mass is 238 g/mol. The zero-order chi connectivity index (χ0) is 12.0. The summed E-state index contributed by atoms with van der Waals surface area (Å²) in [6, 6.07) is 7.62. The summed E-state index contributed by atoms with van der Waals surface area (Å²) in [7, 11) is 2.86. The number of thioether (sulfide) groups is 1. The lowest BCUT2D eigenvalue weighted by Gasteiger charge is -2.09. The van der Waals surface area contributed by atoms with Gasteiger partial charge in [0, 0.05) is 10.5 Å². The van der Waals surface area contributed by atoms with E-state index >= 15 is 0 Å². The van der Waals surface area contributed by atoms with E-state index in [0.29, 0.717) is 5.57 Å². The Morgan fingerprint density at radius 1 is 1.31 bits per heavy atom. The molecule has 0 fully saturated rings. The number of carbonyl (C=O) groups excluding carboxylic acids is 1. The molecule has 1 aromatic rings. The first kappa shape index (κ1) is 12.6. The van der Waals surface area contributed by atoms with Gasteiger partial charge in [-0.05, 0) is 12.3 Å². The lowest BCUT2D eigenvalue weighted by molar-refractivity contribution is -0.133. The van der Waals surface area contributed by atoms with E-state index in [9.17, 15) is 4.79 Å². The average Bonchev–Trinajstić information content (AvgIpc) is 2.35. The number of esters is 1. The van der Waals surface area contributed by atoms with Gasteiger partial charge >= 0.3 is 5.97 Å². The summed E-state index contributed by atoms with van der Waals surface area (Å²) in [5.74, 6) is -0.400. The molecule has 0 amide bonds. The van der Waals surface area contributed by atoms with E-state index in [2.05, 4.69) is 0 Å². The largest absolute Gasteiger partial charge is 0.503 e. The standard InChI is InChI=1S/C12H14O3S/c1-14-8-10(12(13)15-2)9-6-4-5-7-11(9)16-3/h4-8H,1-3H3/b10-8+. The smallest absolute Gasteiger partial charge is 0.341 e. The van der Waals surface area contributed by atoms with Gasteiger partial charge in [-0.15, -0.1) is 11.8 Å². The first-order chi connectivity index (χ1) is 7.74. The summed E-state index contributed by atoms with van der Waals surface area (Å²) in [5, 5.41) is 0. The van der Waals surface area contributed by atoms with Gasteiger partial charge in [0.2, 0.25) is 0 Å². The van der Waals surface area contributed by atoms with Gasteiger partial charge < -0.3 is 9.47 Å².